The smallest absolute Gasteiger partial charge is 0.255 e. The largest absolute Gasteiger partial charge is 0.493 e. The zero-order valence-corrected chi connectivity index (χ0v) is 31.7. The summed E-state index contributed by atoms with van der Waals surface area (Å²) in [7, 11) is 8.09. The number of rotatable bonds is 20. The van der Waals surface area contributed by atoms with Crippen LogP contribution < -0.4 is 43.8 Å². The Morgan fingerprint density at radius 1 is 0.547 bits per heavy atom. The number of carbonyl (C=O) groups is 1. The van der Waals surface area contributed by atoms with Gasteiger partial charge >= 0.3 is 0 Å². The molecule has 1 atom stereocenters. The zero-order chi connectivity index (χ0) is 37.6. The fourth-order valence-corrected chi connectivity index (χ4v) is 6.27. The van der Waals surface area contributed by atoms with Gasteiger partial charge in [0.2, 0.25) is 5.75 Å². The van der Waals surface area contributed by atoms with Gasteiger partial charge in [0.05, 0.1) is 54.3 Å². The number of amides is 1. The van der Waals surface area contributed by atoms with E-state index in [9.17, 15) is 4.79 Å². The van der Waals surface area contributed by atoms with E-state index in [-0.39, 0.29) is 12.1 Å². The van der Waals surface area contributed by atoms with Gasteiger partial charge in [-0.25, -0.2) is 0 Å². The molecule has 53 heavy (non-hydrogen) atoms. The maximum atomic E-state index is 12.7. The number of aryl methyl sites for hydroxylation is 1. The number of anilines is 1. The average Bonchev–Trinajstić information content (AvgIpc) is 3.18. The van der Waals surface area contributed by atoms with E-state index in [0.717, 1.165) is 72.2 Å². The number of carbonyl (C=O) groups excluding carboxylic acids is 1. The molecule has 1 aliphatic rings. The van der Waals surface area contributed by atoms with Crippen LogP contribution >= 0.6 is 0 Å². The summed E-state index contributed by atoms with van der Waals surface area (Å²) in [5.74, 6) is 4.46. The van der Waals surface area contributed by atoms with Crippen molar-refractivity contribution in [2.75, 3.05) is 54.1 Å². The Bertz CT molecular complexity index is 1830. The maximum absolute atomic E-state index is 12.7. The quantitative estimate of drug-likeness (QED) is 0.0682. The number of ether oxygens (including phenoxy) is 7. The molecule has 0 aliphatic carbocycles. The van der Waals surface area contributed by atoms with E-state index >= 15 is 0 Å². The van der Waals surface area contributed by atoms with Crippen molar-refractivity contribution in [1.29, 1.82) is 0 Å². The predicted molar refractivity (Wildman–Crippen MR) is 209 cm³/mol. The van der Waals surface area contributed by atoms with E-state index in [1.807, 2.05) is 85.8 Å². The van der Waals surface area contributed by atoms with Crippen molar-refractivity contribution in [3.05, 3.63) is 94.5 Å². The van der Waals surface area contributed by atoms with Crippen molar-refractivity contribution in [3.8, 4) is 40.2 Å². The second kappa shape index (κ2) is 19.4. The van der Waals surface area contributed by atoms with Crippen LogP contribution in [0.3, 0.4) is 0 Å². The molecule has 1 aliphatic heterocycles. The third-order valence-corrected chi connectivity index (χ3v) is 9.16. The second-order valence-corrected chi connectivity index (χ2v) is 12.9. The normalized spacial score (nSPS) is 13.5. The van der Waals surface area contributed by atoms with Crippen molar-refractivity contribution in [1.82, 2.24) is 5.32 Å². The van der Waals surface area contributed by atoms with E-state index in [1.54, 1.807) is 35.5 Å². The van der Waals surface area contributed by atoms with Gasteiger partial charge in [-0.05, 0) is 85.0 Å². The van der Waals surface area contributed by atoms with Crippen molar-refractivity contribution in [2.24, 2.45) is 0 Å². The highest BCUT2D eigenvalue weighted by atomic mass is 16.5. The molecule has 0 bridgehead atoms. The standard InChI is InChI=1S/C43H52N2O8/c1-29-14-19-34-33(24-29)43(46)45-42(44-34)32-18-21-36(37(28-32)48-3)52-22-12-10-8-7-9-11-13-23-53-38-25-30(17-20-35(38)47-2)15-16-31-26-39(49-4)41(51-6)40(27-31)50-5/h14-21,24-28,42,44H,7-13,22-23H2,1-6H3,(H,45,46)/b16-15+. The van der Waals surface area contributed by atoms with Gasteiger partial charge in [0.1, 0.15) is 6.17 Å². The summed E-state index contributed by atoms with van der Waals surface area (Å²) in [6, 6.07) is 21.3. The minimum Gasteiger partial charge on any atom is -0.493 e. The molecule has 2 N–H and O–H groups in total. The summed E-state index contributed by atoms with van der Waals surface area (Å²) in [5.41, 5.74) is 5.32. The van der Waals surface area contributed by atoms with Gasteiger partial charge in [-0.3, -0.25) is 4.79 Å². The number of benzene rings is 4. The van der Waals surface area contributed by atoms with Crippen LogP contribution in [0, 0.1) is 6.92 Å². The molecular weight excluding hydrogens is 672 g/mol. The first-order valence-electron chi connectivity index (χ1n) is 18.1. The fourth-order valence-electron chi connectivity index (χ4n) is 6.27. The van der Waals surface area contributed by atoms with Crippen molar-refractivity contribution >= 4 is 23.7 Å². The highest BCUT2D eigenvalue weighted by Gasteiger charge is 2.25. The third-order valence-electron chi connectivity index (χ3n) is 9.16. The molecule has 282 valence electrons. The Balaban J connectivity index is 0.988. The second-order valence-electron chi connectivity index (χ2n) is 12.9. The van der Waals surface area contributed by atoms with Crippen LogP contribution in [0.5, 0.6) is 40.2 Å². The van der Waals surface area contributed by atoms with E-state index in [0.29, 0.717) is 53.3 Å². The first kappa shape index (κ1) is 38.7. The Morgan fingerprint density at radius 2 is 1.13 bits per heavy atom. The molecule has 0 radical (unpaired) electrons. The molecule has 0 saturated heterocycles. The SMILES string of the molecule is COc1cc(C2NC(=O)c3cc(C)ccc3N2)ccc1OCCCCCCCCCOc1cc(/C=C/c2cc(OC)c(OC)c(OC)c2)ccc1OC. The molecule has 4 aromatic carbocycles. The highest BCUT2D eigenvalue weighted by Crippen LogP contribution is 2.39. The maximum Gasteiger partial charge on any atom is 0.255 e. The number of fused-ring (bicyclic) bond motifs is 1. The van der Waals surface area contributed by atoms with Gasteiger partial charge in [0, 0.05) is 5.69 Å². The highest BCUT2D eigenvalue weighted by molar-refractivity contribution is 6.01. The van der Waals surface area contributed by atoms with E-state index in [1.165, 1.54) is 6.42 Å². The molecule has 1 heterocycles. The Labute approximate surface area is 313 Å². The molecule has 1 amide bonds. The van der Waals surface area contributed by atoms with Gasteiger partial charge in [-0.1, -0.05) is 68.0 Å². The summed E-state index contributed by atoms with van der Waals surface area (Å²) < 4.78 is 39.8. The third kappa shape index (κ3) is 10.3. The van der Waals surface area contributed by atoms with Crippen LogP contribution in [-0.2, 0) is 0 Å². The first-order valence-corrected chi connectivity index (χ1v) is 18.1. The molecule has 5 rings (SSSR count). The summed E-state index contributed by atoms with van der Waals surface area (Å²) in [6.45, 7) is 3.22. The average molecular weight is 725 g/mol. The number of unbranched alkanes of at least 4 members (excludes halogenated alkanes) is 6. The summed E-state index contributed by atoms with van der Waals surface area (Å²) in [6.07, 6.45) is 11.3. The Kier molecular flexibility index (Phi) is 14.1. The van der Waals surface area contributed by atoms with Crippen LogP contribution in [0.15, 0.2) is 66.7 Å². The van der Waals surface area contributed by atoms with E-state index < -0.39 is 0 Å². The van der Waals surface area contributed by atoms with Gasteiger partial charge in [0.25, 0.3) is 5.91 Å². The van der Waals surface area contributed by atoms with Crippen LogP contribution in [0.4, 0.5) is 5.69 Å². The molecule has 10 nitrogen and oxygen atoms in total. The lowest BCUT2D eigenvalue weighted by molar-refractivity contribution is 0.0935. The minimum atomic E-state index is -0.350. The molecule has 10 heteroatoms. The van der Waals surface area contributed by atoms with Crippen molar-refractivity contribution in [2.45, 2.75) is 58.0 Å². The number of hydrogen-bond acceptors (Lipinski definition) is 9. The molecule has 0 fully saturated rings. The lowest BCUT2D eigenvalue weighted by Gasteiger charge is -2.28. The van der Waals surface area contributed by atoms with Gasteiger partial charge < -0.3 is 43.8 Å². The lowest BCUT2D eigenvalue weighted by atomic mass is 10.0. The molecule has 1 unspecified atom stereocenters. The number of methoxy groups -OCH3 is 5. The van der Waals surface area contributed by atoms with Crippen molar-refractivity contribution in [3.63, 3.8) is 0 Å². The Morgan fingerprint density at radius 3 is 1.77 bits per heavy atom. The number of hydrogen-bond donors (Lipinski definition) is 2. The van der Waals surface area contributed by atoms with Crippen LogP contribution in [0.1, 0.15) is 83.7 Å². The summed E-state index contributed by atoms with van der Waals surface area (Å²) >= 11 is 0. The summed E-state index contributed by atoms with van der Waals surface area (Å²) in [5, 5.41) is 6.45. The van der Waals surface area contributed by atoms with Crippen LogP contribution in [0.25, 0.3) is 12.2 Å². The van der Waals surface area contributed by atoms with E-state index in [2.05, 4.69) is 10.6 Å². The molecule has 0 aromatic heterocycles. The molecule has 0 spiro atoms. The van der Waals surface area contributed by atoms with Crippen LogP contribution in [-0.4, -0.2) is 54.7 Å². The lowest BCUT2D eigenvalue weighted by Crippen LogP contribution is -2.38. The topological polar surface area (TPSA) is 106 Å². The summed E-state index contributed by atoms with van der Waals surface area (Å²) in [4.78, 5) is 12.7. The predicted octanol–water partition coefficient (Wildman–Crippen LogP) is 9.25. The fraction of sp³-hybridized carbons (Fsp3) is 0.372. The Hall–Kier alpha value is -5.51. The molecule has 0 saturated carbocycles. The number of nitrogens with one attached hydrogen (secondary N) is 2. The first-order chi connectivity index (χ1) is 25.9. The van der Waals surface area contributed by atoms with Gasteiger partial charge in [-0.15, -0.1) is 0 Å². The zero-order valence-electron chi connectivity index (χ0n) is 31.7. The monoisotopic (exact) mass is 724 g/mol. The minimum absolute atomic E-state index is 0.0955. The van der Waals surface area contributed by atoms with E-state index in [4.69, 9.17) is 33.2 Å². The van der Waals surface area contributed by atoms with Gasteiger partial charge in [-0.2, -0.15) is 0 Å². The van der Waals surface area contributed by atoms with Crippen LogP contribution in [0.2, 0.25) is 0 Å². The molecular formula is C43H52N2O8. The molecule has 4 aromatic rings. The van der Waals surface area contributed by atoms with Crippen molar-refractivity contribution < 1.29 is 38.0 Å². The van der Waals surface area contributed by atoms with Gasteiger partial charge in [0.15, 0.2) is 34.5 Å².